The minimum Gasteiger partial charge on any atom is -0.270 e. The Morgan fingerprint density at radius 3 is 2.47 bits per heavy atom. The summed E-state index contributed by atoms with van der Waals surface area (Å²) in [4.78, 5) is 0. The molecule has 1 aromatic rings. The largest absolute Gasteiger partial charge is 0.416 e. The number of nitrogens with zero attached hydrogens (tertiary/aromatic N) is 1. The predicted molar refractivity (Wildman–Crippen MR) is 62.4 cm³/mol. The Kier molecular flexibility index (Phi) is 4.39. The van der Waals surface area contributed by atoms with Crippen molar-refractivity contribution in [1.29, 1.82) is 5.26 Å². The van der Waals surface area contributed by atoms with Gasteiger partial charge in [0.2, 0.25) is 0 Å². The van der Waals surface area contributed by atoms with Gasteiger partial charge in [-0.3, -0.25) is 4.72 Å². The van der Waals surface area contributed by atoms with Crippen LogP contribution >= 0.6 is 0 Å². The molecule has 19 heavy (non-hydrogen) atoms. The second kappa shape index (κ2) is 5.46. The number of nitrogens with one attached hydrogen (secondary N) is 2. The summed E-state index contributed by atoms with van der Waals surface area (Å²) >= 11 is 0. The highest BCUT2D eigenvalue weighted by Gasteiger charge is 2.31. The van der Waals surface area contributed by atoms with E-state index in [9.17, 15) is 21.6 Å². The van der Waals surface area contributed by atoms with Crippen molar-refractivity contribution in [1.82, 2.24) is 4.72 Å². The topological polar surface area (TPSA) is 82.0 Å². The first-order valence-electron chi connectivity index (χ1n) is 5.08. The van der Waals surface area contributed by atoms with Crippen LogP contribution in [-0.2, 0) is 16.4 Å². The molecule has 0 bridgehead atoms. The van der Waals surface area contributed by atoms with Gasteiger partial charge in [-0.05, 0) is 18.2 Å². The molecule has 1 rings (SSSR count). The monoisotopic (exact) mass is 293 g/mol. The fourth-order valence-corrected chi connectivity index (χ4v) is 2.19. The molecule has 0 aliphatic heterocycles. The Morgan fingerprint density at radius 2 is 2.00 bits per heavy atom. The first-order chi connectivity index (χ1) is 8.69. The smallest absolute Gasteiger partial charge is 0.270 e. The molecule has 0 aromatic heterocycles. The summed E-state index contributed by atoms with van der Waals surface area (Å²) in [6.45, 7) is 1.65. The zero-order chi connectivity index (χ0) is 14.7. The molecular weight excluding hydrogens is 283 g/mol. The third kappa shape index (κ3) is 4.11. The van der Waals surface area contributed by atoms with Gasteiger partial charge in [0.1, 0.15) is 6.07 Å². The van der Waals surface area contributed by atoms with Crippen molar-refractivity contribution in [3.8, 4) is 6.07 Å². The Labute approximate surface area is 108 Å². The van der Waals surface area contributed by atoms with E-state index in [4.69, 9.17) is 5.26 Å². The second-order valence-electron chi connectivity index (χ2n) is 3.47. The van der Waals surface area contributed by atoms with Crippen LogP contribution in [0.15, 0.2) is 18.2 Å². The van der Waals surface area contributed by atoms with Gasteiger partial charge in [-0.2, -0.15) is 31.6 Å². The number of halogens is 3. The molecule has 104 valence electrons. The van der Waals surface area contributed by atoms with E-state index in [-0.39, 0.29) is 12.2 Å². The molecule has 0 saturated heterocycles. The second-order valence-corrected chi connectivity index (χ2v) is 4.97. The summed E-state index contributed by atoms with van der Waals surface area (Å²) in [5.74, 6) is 0. The number of benzene rings is 1. The van der Waals surface area contributed by atoms with Crippen molar-refractivity contribution >= 4 is 15.9 Å². The van der Waals surface area contributed by atoms with Crippen molar-refractivity contribution in [2.45, 2.75) is 13.1 Å². The summed E-state index contributed by atoms with van der Waals surface area (Å²) in [5, 5.41) is 8.76. The summed E-state index contributed by atoms with van der Waals surface area (Å²) in [5.41, 5.74) is -1.64. The molecule has 0 aliphatic rings. The lowest BCUT2D eigenvalue weighted by Crippen LogP contribution is -2.30. The maximum Gasteiger partial charge on any atom is 0.416 e. The Bertz CT molecular complexity index is 605. The minimum absolute atomic E-state index is 0.109. The Balaban J connectivity index is 3.15. The van der Waals surface area contributed by atoms with Gasteiger partial charge < -0.3 is 0 Å². The molecule has 0 aliphatic carbocycles. The standard InChI is InChI=1S/C10H10F3N3O2S/c1-2-15-19(17,18)16-9-4-3-8(10(11,12)13)5-7(9)6-14/h3-5,15-16H,2H2,1H3. The van der Waals surface area contributed by atoms with Crippen LogP contribution in [0.1, 0.15) is 18.1 Å². The number of hydrogen-bond donors (Lipinski definition) is 2. The highest BCUT2D eigenvalue weighted by molar-refractivity contribution is 7.90. The molecule has 1 aromatic carbocycles. The van der Waals surface area contributed by atoms with E-state index in [1.54, 1.807) is 0 Å². The number of alkyl halides is 3. The van der Waals surface area contributed by atoms with Crippen LogP contribution in [0, 0.1) is 11.3 Å². The number of anilines is 1. The van der Waals surface area contributed by atoms with E-state index in [1.807, 2.05) is 4.72 Å². The quantitative estimate of drug-likeness (QED) is 0.888. The third-order valence-corrected chi connectivity index (χ3v) is 3.20. The average Bonchev–Trinajstić information content (AvgIpc) is 2.27. The fraction of sp³-hybridized carbons (Fsp3) is 0.300. The zero-order valence-corrected chi connectivity index (χ0v) is 10.6. The van der Waals surface area contributed by atoms with Gasteiger partial charge in [0, 0.05) is 6.54 Å². The molecule has 0 fully saturated rings. The molecule has 0 spiro atoms. The van der Waals surface area contributed by atoms with E-state index in [0.29, 0.717) is 12.1 Å². The van der Waals surface area contributed by atoms with E-state index in [2.05, 4.69) is 4.72 Å². The molecule has 0 unspecified atom stereocenters. The molecule has 0 heterocycles. The van der Waals surface area contributed by atoms with E-state index >= 15 is 0 Å². The third-order valence-electron chi connectivity index (χ3n) is 2.05. The fourth-order valence-electron chi connectivity index (χ4n) is 1.27. The van der Waals surface area contributed by atoms with Crippen molar-refractivity contribution in [3.63, 3.8) is 0 Å². The molecule has 0 atom stereocenters. The van der Waals surface area contributed by atoms with Crippen molar-refractivity contribution in [3.05, 3.63) is 29.3 Å². The van der Waals surface area contributed by atoms with Gasteiger partial charge in [0.25, 0.3) is 10.2 Å². The van der Waals surface area contributed by atoms with E-state index < -0.39 is 27.5 Å². The van der Waals surface area contributed by atoms with Gasteiger partial charge in [-0.1, -0.05) is 6.92 Å². The van der Waals surface area contributed by atoms with Crippen LogP contribution in [-0.4, -0.2) is 15.0 Å². The van der Waals surface area contributed by atoms with Crippen LogP contribution in [0.5, 0.6) is 0 Å². The molecule has 2 N–H and O–H groups in total. The van der Waals surface area contributed by atoms with Crippen LogP contribution in [0.4, 0.5) is 18.9 Å². The lowest BCUT2D eigenvalue weighted by atomic mass is 10.1. The first-order valence-corrected chi connectivity index (χ1v) is 6.56. The highest BCUT2D eigenvalue weighted by atomic mass is 32.2. The summed E-state index contributed by atoms with van der Waals surface area (Å²) in [7, 11) is -3.90. The van der Waals surface area contributed by atoms with Gasteiger partial charge in [0.05, 0.1) is 16.8 Å². The normalized spacial score (nSPS) is 11.9. The lowest BCUT2D eigenvalue weighted by Gasteiger charge is -2.12. The van der Waals surface area contributed by atoms with Gasteiger partial charge in [0.15, 0.2) is 0 Å². The van der Waals surface area contributed by atoms with E-state index in [0.717, 1.165) is 6.07 Å². The van der Waals surface area contributed by atoms with Crippen LogP contribution < -0.4 is 9.44 Å². The van der Waals surface area contributed by atoms with Crippen molar-refractivity contribution in [2.24, 2.45) is 0 Å². The van der Waals surface area contributed by atoms with Gasteiger partial charge >= 0.3 is 6.18 Å². The van der Waals surface area contributed by atoms with Crippen LogP contribution in [0.3, 0.4) is 0 Å². The zero-order valence-electron chi connectivity index (χ0n) is 9.75. The Hall–Kier alpha value is -1.79. The number of nitriles is 1. The molecular formula is C10H10F3N3O2S. The molecule has 0 saturated carbocycles. The minimum atomic E-state index is -4.59. The summed E-state index contributed by atoms with van der Waals surface area (Å²) in [6, 6.07) is 3.70. The first kappa shape index (κ1) is 15.3. The maximum absolute atomic E-state index is 12.4. The SMILES string of the molecule is CCNS(=O)(=O)Nc1ccc(C(F)(F)F)cc1C#N. The van der Waals surface area contributed by atoms with Crippen molar-refractivity contribution in [2.75, 3.05) is 11.3 Å². The van der Waals surface area contributed by atoms with Crippen LogP contribution in [0.25, 0.3) is 0 Å². The molecule has 0 radical (unpaired) electrons. The average molecular weight is 293 g/mol. The predicted octanol–water partition coefficient (Wildman–Crippen LogP) is 1.84. The van der Waals surface area contributed by atoms with E-state index in [1.165, 1.54) is 13.0 Å². The number of rotatable bonds is 4. The summed E-state index contributed by atoms with van der Waals surface area (Å²) < 4.78 is 64.2. The molecule has 9 heteroatoms. The highest BCUT2D eigenvalue weighted by Crippen LogP contribution is 2.31. The van der Waals surface area contributed by atoms with Gasteiger partial charge in [-0.25, -0.2) is 0 Å². The molecule has 0 amide bonds. The van der Waals surface area contributed by atoms with Crippen molar-refractivity contribution < 1.29 is 21.6 Å². The number of hydrogen-bond acceptors (Lipinski definition) is 3. The van der Waals surface area contributed by atoms with Crippen LogP contribution in [0.2, 0.25) is 0 Å². The maximum atomic E-state index is 12.4. The Morgan fingerprint density at radius 1 is 1.37 bits per heavy atom. The van der Waals surface area contributed by atoms with Gasteiger partial charge in [-0.15, -0.1) is 0 Å². The lowest BCUT2D eigenvalue weighted by molar-refractivity contribution is -0.137. The summed E-state index contributed by atoms with van der Waals surface area (Å²) in [6.07, 6.45) is -4.59. The molecule has 5 nitrogen and oxygen atoms in total.